The Kier molecular flexibility index (Phi) is 7.13. The molecule has 33 heavy (non-hydrogen) atoms. The molecule has 1 aliphatic heterocycles. The fourth-order valence-corrected chi connectivity index (χ4v) is 6.00. The number of hydrogen-bond donors (Lipinski definition) is 1. The van der Waals surface area contributed by atoms with Gasteiger partial charge in [-0.15, -0.1) is 11.3 Å². The van der Waals surface area contributed by atoms with Crippen LogP contribution >= 0.6 is 23.6 Å². The summed E-state index contributed by atoms with van der Waals surface area (Å²) in [5.74, 6) is -0.353. The van der Waals surface area contributed by atoms with E-state index in [1.165, 1.54) is 24.1 Å². The number of alkyl halides is 3. The maximum atomic E-state index is 13.0. The molecule has 0 unspecified atom stereocenters. The van der Waals surface area contributed by atoms with Crippen molar-refractivity contribution in [2.45, 2.75) is 38.3 Å². The number of benzene rings is 1. The number of piperazine rings is 1. The van der Waals surface area contributed by atoms with Crippen LogP contribution in [0.4, 0.5) is 23.9 Å². The van der Waals surface area contributed by atoms with E-state index in [9.17, 15) is 18.0 Å². The van der Waals surface area contributed by atoms with Gasteiger partial charge in [-0.2, -0.15) is 13.2 Å². The van der Waals surface area contributed by atoms with Gasteiger partial charge in [0.1, 0.15) is 5.00 Å². The molecule has 1 aliphatic carbocycles. The minimum absolute atomic E-state index is 0.353. The second-order valence-electron chi connectivity index (χ2n) is 8.21. The van der Waals surface area contributed by atoms with Crippen LogP contribution in [0.25, 0.3) is 0 Å². The van der Waals surface area contributed by atoms with Gasteiger partial charge in [0, 0.05) is 36.7 Å². The first-order chi connectivity index (χ1) is 15.8. The molecule has 0 radical (unpaired) electrons. The number of hydrogen-bond acceptors (Lipinski definition) is 5. The second kappa shape index (κ2) is 9.89. The minimum atomic E-state index is -4.36. The Morgan fingerprint density at radius 2 is 1.85 bits per heavy atom. The van der Waals surface area contributed by atoms with E-state index in [2.05, 4.69) is 5.32 Å². The molecule has 4 rings (SSSR count). The molecule has 1 fully saturated rings. The van der Waals surface area contributed by atoms with Crippen LogP contribution in [0.3, 0.4) is 0 Å². The monoisotopic (exact) mass is 497 g/mol. The molecule has 0 spiro atoms. The SMILES string of the molecule is COC(=O)c1c(NC(=S)N2CCN(c3cccc(C(F)(F)F)c3)CC2)sc2c1CCCCC2. The molecule has 2 aliphatic rings. The van der Waals surface area contributed by atoms with E-state index in [4.69, 9.17) is 17.0 Å². The fraction of sp³-hybridized carbons (Fsp3) is 0.478. The van der Waals surface area contributed by atoms with Gasteiger partial charge in [-0.1, -0.05) is 12.5 Å². The number of nitrogens with zero attached hydrogens (tertiary/aromatic N) is 2. The Hall–Kier alpha value is -2.33. The lowest BCUT2D eigenvalue weighted by atomic mass is 10.1. The molecule has 1 aromatic carbocycles. The van der Waals surface area contributed by atoms with Gasteiger partial charge in [0.05, 0.1) is 18.2 Å². The quantitative estimate of drug-likeness (QED) is 0.351. The van der Waals surface area contributed by atoms with Gasteiger partial charge in [-0.3, -0.25) is 0 Å². The van der Waals surface area contributed by atoms with E-state index in [1.54, 1.807) is 17.4 Å². The predicted octanol–water partition coefficient (Wildman–Crippen LogP) is 5.34. The summed E-state index contributed by atoms with van der Waals surface area (Å²) in [6.07, 6.45) is 0.762. The first kappa shape index (κ1) is 23.8. The van der Waals surface area contributed by atoms with Gasteiger partial charge in [-0.25, -0.2) is 4.79 Å². The van der Waals surface area contributed by atoms with Gasteiger partial charge < -0.3 is 19.9 Å². The second-order valence-corrected chi connectivity index (χ2v) is 9.70. The maximum absolute atomic E-state index is 13.0. The lowest BCUT2D eigenvalue weighted by Crippen LogP contribution is -2.50. The number of esters is 1. The van der Waals surface area contributed by atoms with Gasteiger partial charge in [0.15, 0.2) is 5.11 Å². The van der Waals surface area contributed by atoms with E-state index in [1.807, 2.05) is 9.80 Å². The number of anilines is 2. The Morgan fingerprint density at radius 1 is 1.12 bits per heavy atom. The summed E-state index contributed by atoms with van der Waals surface area (Å²) < 4.78 is 44.2. The van der Waals surface area contributed by atoms with Crippen molar-refractivity contribution in [3.63, 3.8) is 0 Å². The van der Waals surface area contributed by atoms with Crippen molar-refractivity contribution in [3.05, 3.63) is 45.8 Å². The Labute approximate surface area is 200 Å². The number of methoxy groups -OCH3 is 1. The highest BCUT2D eigenvalue weighted by atomic mass is 32.1. The summed E-state index contributed by atoms with van der Waals surface area (Å²) >= 11 is 7.20. The van der Waals surface area contributed by atoms with Crippen molar-refractivity contribution in [2.24, 2.45) is 0 Å². The molecule has 2 aromatic rings. The van der Waals surface area contributed by atoms with Crippen molar-refractivity contribution < 1.29 is 22.7 Å². The normalized spacial score (nSPS) is 16.7. The molecular formula is C23H26F3N3O2S2. The van der Waals surface area contributed by atoms with Crippen molar-refractivity contribution >= 4 is 45.3 Å². The van der Waals surface area contributed by atoms with Gasteiger partial charge in [0.2, 0.25) is 0 Å². The molecule has 0 atom stereocenters. The van der Waals surface area contributed by atoms with E-state index >= 15 is 0 Å². The minimum Gasteiger partial charge on any atom is -0.465 e. The zero-order valence-electron chi connectivity index (χ0n) is 18.3. The van der Waals surface area contributed by atoms with Crippen LogP contribution in [0.2, 0.25) is 0 Å². The van der Waals surface area contributed by atoms with Crippen LogP contribution in [0, 0.1) is 0 Å². The van der Waals surface area contributed by atoms with Gasteiger partial charge in [0.25, 0.3) is 0 Å². The van der Waals surface area contributed by atoms with Gasteiger partial charge in [-0.05, 0) is 61.7 Å². The fourth-order valence-electron chi connectivity index (χ4n) is 4.37. The highest BCUT2D eigenvalue weighted by Gasteiger charge is 2.31. The first-order valence-corrected chi connectivity index (χ1v) is 12.2. The number of fused-ring (bicyclic) bond motifs is 1. The molecule has 2 heterocycles. The molecule has 5 nitrogen and oxygen atoms in total. The standard InChI is InChI=1S/C23H26F3N3O2S2/c1-31-21(30)19-17-8-3-2-4-9-18(17)33-20(19)27-22(32)29-12-10-28(11-13-29)16-7-5-6-15(14-16)23(24,25)26/h5-7,14H,2-4,8-13H2,1H3,(H,27,32). The zero-order chi connectivity index (χ0) is 23.6. The highest BCUT2D eigenvalue weighted by Crippen LogP contribution is 2.38. The Morgan fingerprint density at radius 3 is 2.55 bits per heavy atom. The van der Waals surface area contributed by atoms with Crippen LogP contribution in [-0.2, 0) is 23.8 Å². The molecule has 0 bridgehead atoms. The number of carbonyl (C=O) groups is 1. The summed E-state index contributed by atoms with van der Waals surface area (Å²) in [6.45, 7) is 2.24. The average molecular weight is 498 g/mol. The zero-order valence-corrected chi connectivity index (χ0v) is 20.0. The van der Waals surface area contributed by atoms with Crippen LogP contribution in [0.1, 0.15) is 45.6 Å². The summed E-state index contributed by atoms with van der Waals surface area (Å²) in [7, 11) is 1.39. The van der Waals surface area contributed by atoms with Crippen LogP contribution in [0.5, 0.6) is 0 Å². The molecule has 1 N–H and O–H groups in total. The van der Waals surface area contributed by atoms with E-state index in [0.29, 0.717) is 42.5 Å². The molecule has 1 aromatic heterocycles. The third-order valence-electron chi connectivity index (χ3n) is 6.14. The number of rotatable bonds is 3. The Bertz CT molecular complexity index is 1030. The third-order valence-corrected chi connectivity index (χ3v) is 7.70. The Balaban J connectivity index is 1.44. The molecular weight excluding hydrogens is 471 g/mol. The van der Waals surface area contributed by atoms with E-state index < -0.39 is 11.7 Å². The molecule has 1 saturated heterocycles. The topological polar surface area (TPSA) is 44.8 Å². The van der Waals surface area contributed by atoms with Gasteiger partial charge >= 0.3 is 12.1 Å². The molecule has 178 valence electrons. The molecule has 10 heteroatoms. The summed E-state index contributed by atoms with van der Waals surface area (Å²) in [5.41, 5.74) is 1.57. The number of nitrogens with one attached hydrogen (secondary N) is 1. The predicted molar refractivity (Wildman–Crippen MR) is 128 cm³/mol. The summed E-state index contributed by atoms with van der Waals surface area (Å²) in [4.78, 5) is 17.7. The van der Waals surface area contributed by atoms with E-state index in [0.717, 1.165) is 48.7 Å². The van der Waals surface area contributed by atoms with Crippen molar-refractivity contribution in [1.29, 1.82) is 0 Å². The van der Waals surface area contributed by atoms with Crippen molar-refractivity contribution in [3.8, 4) is 0 Å². The first-order valence-electron chi connectivity index (χ1n) is 11.0. The number of thiocarbonyl (C=S) groups is 1. The number of thiophene rings is 1. The lowest BCUT2D eigenvalue weighted by molar-refractivity contribution is -0.137. The molecule has 0 saturated carbocycles. The largest absolute Gasteiger partial charge is 0.465 e. The number of ether oxygens (including phenoxy) is 1. The van der Waals surface area contributed by atoms with Crippen molar-refractivity contribution in [1.82, 2.24) is 4.90 Å². The number of halogens is 3. The maximum Gasteiger partial charge on any atom is 0.416 e. The third kappa shape index (κ3) is 5.27. The highest BCUT2D eigenvalue weighted by molar-refractivity contribution is 7.80. The lowest BCUT2D eigenvalue weighted by Gasteiger charge is -2.37. The average Bonchev–Trinajstić information content (AvgIpc) is 2.98. The van der Waals surface area contributed by atoms with E-state index in [-0.39, 0.29) is 5.97 Å². The summed E-state index contributed by atoms with van der Waals surface area (Å²) in [6, 6.07) is 5.41. The van der Waals surface area contributed by atoms with Crippen LogP contribution < -0.4 is 10.2 Å². The smallest absolute Gasteiger partial charge is 0.416 e. The molecule has 0 amide bonds. The number of aryl methyl sites for hydroxylation is 1. The van der Waals surface area contributed by atoms with Crippen LogP contribution in [-0.4, -0.2) is 49.3 Å². The summed E-state index contributed by atoms with van der Waals surface area (Å²) in [5, 5.41) is 4.50. The van der Waals surface area contributed by atoms with Crippen LogP contribution in [0.15, 0.2) is 24.3 Å². The van der Waals surface area contributed by atoms with Crippen molar-refractivity contribution in [2.75, 3.05) is 43.5 Å². The number of carbonyl (C=O) groups excluding carboxylic acids is 1.